The molecule has 0 fully saturated rings. The Labute approximate surface area is 65.4 Å². The van der Waals surface area contributed by atoms with Crippen LogP contribution in [0.5, 0.6) is 0 Å². The zero-order valence-electron chi connectivity index (χ0n) is 1.28. The van der Waals surface area contributed by atoms with Crippen molar-refractivity contribution in [2.24, 2.45) is 0 Å². The number of hydrogen-bond acceptors (Lipinski definition) is 0. The fraction of sp³-hybridized carbons (Fsp3) is 0. The molecule has 0 aromatic rings. The van der Waals surface area contributed by atoms with Crippen LogP contribution in [-0.4, -0.2) is 46.3 Å². The molecule has 0 heterocycles. The third kappa shape index (κ3) is 9.06. The van der Waals surface area contributed by atoms with E-state index in [0.29, 0.717) is 0 Å². The summed E-state index contributed by atoms with van der Waals surface area (Å²) < 4.78 is 0. The number of hydrogen-bond donors (Lipinski definition) is 0. The second-order valence-corrected chi connectivity index (χ2v) is 0. The molecule has 0 saturated heterocycles. The molecule has 4 heavy (non-hydrogen) atoms. The Morgan fingerprint density at radius 1 is 1.00 bits per heavy atom. The summed E-state index contributed by atoms with van der Waals surface area (Å²) >= 11 is 0. The first-order chi connectivity index (χ1) is 0. The van der Waals surface area contributed by atoms with Gasteiger partial charge < -0.3 is 0 Å². The van der Waals surface area contributed by atoms with E-state index in [0.717, 1.165) is 0 Å². The molecular weight excluding hydrogens is 108 g/mol. The summed E-state index contributed by atoms with van der Waals surface area (Å²) in [6.45, 7) is 0. The van der Waals surface area contributed by atoms with Crippen LogP contribution in [0.15, 0.2) is 0 Å². The Balaban J connectivity index is 0. The first kappa shape index (κ1) is 38.8. The van der Waals surface area contributed by atoms with Crippen molar-refractivity contribution in [2.45, 2.75) is 0 Å². The summed E-state index contributed by atoms with van der Waals surface area (Å²) in [6.07, 6.45) is 0. The molecule has 0 aromatic heterocycles. The van der Waals surface area contributed by atoms with Gasteiger partial charge in [0.1, 0.15) is 0 Å². The van der Waals surface area contributed by atoms with Gasteiger partial charge in [0.2, 0.25) is 0 Å². The van der Waals surface area contributed by atoms with Gasteiger partial charge in [-0.05, 0) is 0 Å². The fourth-order valence-electron chi connectivity index (χ4n) is 0. The monoisotopic (exact) mass is 110 g/mol. The third-order valence-corrected chi connectivity index (χ3v) is 0. The van der Waals surface area contributed by atoms with Crippen LogP contribution < -0.4 is 0 Å². The predicted molar refractivity (Wildman–Crippen MR) is 21.4 cm³/mol. The normalized spacial score (nSPS) is 0. The maximum Gasteiger partial charge on any atom is 0 e. The van der Waals surface area contributed by atoms with Gasteiger partial charge in [-0.15, -0.1) is 0 Å². The maximum absolute atomic E-state index is 0. The van der Waals surface area contributed by atoms with Gasteiger partial charge in [-0.2, -0.15) is 0 Å². The van der Waals surface area contributed by atoms with Crippen molar-refractivity contribution in [1.29, 1.82) is 0 Å². The molecule has 3 radical (unpaired) electrons. The molecular formula is H3AlBeLiZn. The summed E-state index contributed by atoms with van der Waals surface area (Å²) in [5, 5.41) is 0. The van der Waals surface area contributed by atoms with E-state index in [1.54, 1.807) is 0 Å². The molecule has 0 atom stereocenters. The Kier molecular flexibility index (Phi) is 199. The first-order valence-electron chi connectivity index (χ1n) is 0. The molecule has 0 N–H and O–H groups in total. The number of rotatable bonds is 0. The summed E-state index contributed by atoms with van der Waals surface area (Å²) in [4.78, 5) is 0. The SMILES string of the molecule is [Al].[BeH2].[LiH].[Zn]. The van der Waals surface area contributed by atoms with E-state index in [4.69, 9.17) is 0 Å². The van der Waals surface area contributed by atoms with Gasteiger partial charge in [0.25, 0.3) is 0 Å². The fourth-order valence-corrected chi connectivity index (χ4v) is 0. The van der Waals surface area contributed by atoms with E-state index in [-0.39, 0.29) is 65.8 Å². The minimum atomic E-state index is 0. The molecule has 4 heteroatoms. The summed E-state index contributed by atoms with van der Waals surface area (Å²) in [6, 6.07) is 0. The standard InChI is InChI=1S/Al.Be.Li.Zn.3H. The Hall–Kier alpha value is 1.92. The van der Waals surface area contributed by atoms with Crippen LogP contribution in [0.3, 0.4) is 0 Å². The Morgan fingerprint density at radius 2 is 1.00 bits per heavy atom. The molecule has 0 bridgehead atoms. The average molecular weight is 111 g/mol. The zero-order valence-corrected chi connectivity index (χ0v) is 5.41. The van der Waals surface area contributed by atoms with Crippen molar-refractivity contribution in [2.75, 3.05) is 0 Å². The van der Waals surface area contributed by atoms with Crippen LogP contribution in [0.4, 0.5) is 0 Å². The molecule has 0 spiro atoms. The van der Waals surface area contributed by atoms with E-state index in [1.165, 1.54) is 0 Å². The molecule has 0 aromatic carbocycles. The van der Waals surface area contributed by atoms with Crippen LogP contribution in [0.2, 0.25) is 0 Å². The quantitative estimate of drug-likeness (QED) is 0.319. The summed E-state index contributed by atoms with van der Waals surface area (Å²) in [5.74, 6) is 0. The van der Waals surface area contributed by atoms with Gasteiger partial charge >= 0.3 is 29.0 Å². The van der Waals surface area contributed by atoms with Crippen molar-refractivity contribution in [1.82, 2.24) is 0 Å². The summed E-state index contributed by atoms with van der Waals surface area (Å²) in [7, 11) is 0. The molecule has 0 rings (SSSR count). The van der Waals surface area contributed by atoms with Crippen LogP contribution in [-0.2, 0) is 19.5 Å². The predicted octanol–water partition coefficient (Wildman–Crippen LogP) is -1.95. The van der Waals surface area contributed by atoms with Gasteiger partial charge in [-0.25, -0.2) is 0 Å². The Bertz CT molecular complexity index is 8.00. The molecule has 0 unspecified atom stereocenters. The van der Waals surface area contributed by atoms with Crippen molar-refractivity contribution in [3.63, 3.8) is 0 Å². The van der Waals surface area contributed by atoms with Gasteiger partial charge in [0.15, 0.2) is 0 Å². The van der Waals surface area contributed by atoms with Crippen molar-refractivity contribution < 1.29 is 19.5 Å². The third-order valence-electron chi connectivity index (χ3n) is 0. The van der Waals surface area contributed by atoms with Crippen molar-refractivity contribution in [3.05, 3.63) is 0 Å². The van der Waals surface area contributed by atoms with E-state index in [2.05, 4.69) is 0 Å². The average Bonchev–Trinajstić information content (AvgIpc) is 0. The van der Waals surface area contributed by atoms with Gasteiger partial charge in [-0.3, -0.25) is 0 Å². The van der Waals surface area contributed by atoms with Crippen LogP contribution in [0, 0.1) is 0 Å². The second-order valence-electron chi connectivity index (χ2n) is 0. The smallest absolute Gasteiger partial charge is 0 e. The minimum Gasteiger partial charge on any atom is 0 e. The topological polar surface area (TPSA) is 0 Å². The van der Waals surface area contributed by atoms with Gasteiger partial charge in [0, 0.05) is 36.8 Å². The van der Waals surface area contributed by atoms with Crippen molar-refractivity contribution in [3.8, 4) is 0 Å². The largest absolute Gasteiger partial charge is 0 e. The van der Waals surface area contributed by atoms with Crippen molar-refractivity contribution >= 4 is 46.3 Å². The molecule has 0 saturated carbocycles. The van der Waals surface area contributed by atoms with Crippen LogP contribution in [0.1, 0.15) is 0 Å². The Morgan fingerprint density at radius 3 is 1.00 bits per heavy atom. The van der Waals surface area contributed by atoms with Gasteiger partial charge in [-0.1, -0.05) is 0 Å². The first-order valence-corrected chi connectivity index (χ1v) is 0. The molecule has 11 valence electrons. The molecule has 0 aliphatic rings. The zero-order chi connectivity index (χ0) is 0. The van der Waals surface area contributed by atoms with Crippen LogP contribution in [0.25, 0.3) is 0 Å². The van der Waals surface area contributed by atoms with Crippen LogP contribution >= 0.6 is 0 Å². The minimum absolute atomic E-state index is 0. The second kappa shape index (κ2) is 20.5. The maximum atomic E-state index is 0. The van der Waals surface area contributed by atoms with E-state index < -0.39 is 0 Å². The van der Waals surface area contributed by atoms with Gasteiger partial charge in [0.05, 0.1) is 0 Å². The van der Waals surface area contributed by atoms with E-state index in [9.17, 15) is 0 Å². The molecule has 0 nitrogen and oxygen atoms in total. The molecule has 0 aliphatic carbocycles. The molecule has 0 amide bonds. The summed E-state index contributed by atoms with van der Waals surface area (Å²) in [5.41, 5.74) is 0. The van der Waals surface area contributed by atoms with E-state index >= 15 is 0 Å². The molecule has 0 aliphatic heterocycles. The van der Waals surface area contributed by atoms with E-state index in [1.807, 2.05) is 0 Å².